The van der Waals surface area contributed by atoms with Gasteiger partial charge in [0.2, 0.25) is 5.91 Å². The average Bonchev–Trinajstić information content (AvgIpc) is 3.12. The Balaban J connectivity index is 1.48. The van der Waals surface area contributed by atoms with Crippen molar-refractivity contribution >= 4 is 34.1 Å². The number of nitrogens with one attached hydrogen (secondary N) is 1. The Morgan fingerprint density at radius 1 is 1.14 bits per heavy atom. The van der Waals surface area contributed by atoms with Crippen molar-refractivity contribution in [2.45, 2.75) is 19.8 Å². The van der Waals surface area contributed by atoms with Crippen LogP contribution in [0.4, 0.5) is 11.4 Å². The summed E-state index contributed by atoms with van der Waals surface area (Å²) in [5.74, 6) is 0.359. The predicted octanol–water partition coefficient (Wildman–Crippen LogP) is 3.69. The second-order valence-corrected chi connectivity index (χ2v) is 6.78. The van der Waals surface area contributed by atoms with Gasteiger partial charge in [0.25, 0.3) is 5.91 Å². The van der Waals surface area contributed by atoms with Crippen LogP contribution in [0.5, 0.6) is 5.75 Å². The van der Waals surface area contributed by atoms with E-state index < -0.39 is 0 Å². The van der Waals surface area contributed by atoms with Crippen molar-refractivity contribution in [1.29, 1.82) is 0 Å². The maximum Gasteiger partial charge on any atom is 0.262 e. The summed E-state index contributed by atoms with van der Waals surface area (Å²) in [6.45, 7) is 2.44. The quantitative estimate of drug-likeness (QED) is 0.738. The van der Waals surface area contributed by atoms with Crippen LogP contribution in [0.25, 0.3) is 10.9 Å². The normalized spacial score (nSPS) is 13.8. The Kier molecular flexibility index (Phi) is 4.93. The largest absolute Gasteiger partial charge is 0.481 e. The summed E-state index contributed by atoms with van der Waals surface area (Å²) in [6.07, 6.45) is 1.37. The highest BCUT2D eigenvalue weighted by molar-refractivity contribution is 6.02. The lowest BCUT2D eigenvalue weighted by molar-refractivity contribution is -0.118. The van der Waals surface area contributed by atoms with Gasteiger partial charge < -0.3 is 15.0 Å². The molecule has 4 rings (SSSR count). The molecular weight excluding hydrogens is 354 g/mol. The summed E-state index contributed by atoms with van der Waals surface area (Å²) < 4.78 is 5.74. The van der Waals surface area contributed by atoms with Crippen LogP contribution in [-0.2, 0) is 9.59 Å². The third kappa shape index (κ3) is 3.67. The Labute approximate surface area is 163 Å². The van der Waals surface area contributed by atoms with E-state index in [-0.39, 0.29) is 18.4 Å². The number of hydrogen-bond acceptors (Lipinski definition) is 4. The van der Waals surface area contributed by atoms with Crippen LogP contribution in [0, 0.1) is 6.92 Å². The molecule has 1 fully saturated rings. The molecule has 0 unspecified atom stereocenters. The molecule has 2 amide bonds. The summed E-state index contributed by atoms with van der Waals surface area (Å²) >= 11 is 0. The summed E-state index contributed by atoms with van der Waals surface area (Å²) in [5, 5.41) is 3.82. The third-order valence-electron chi connectivity index (χ3n) is 4.72. The number of fused-ring (bicyclic) bond motifs is 1. The van der Waals surface area contributed by atoms with Gasteiger partial charge in [0.1, 0.15) is 11.3 Å². The Bertz CT molecular complexity index is 1050. The number of benzene rings is 2. The molecule has 1 aliphatic heterocycles. The smallest absolute Gasteiger partial charge is 0.262 e. The van der Waals surface area contributed by atoms with Crippen molar-refractivity contribution in [2.75, 3.05) is 23.4 Å². The molecule has 6 heteroatoms. The number of hydrogen-bond donors (Lipinski definition) is 1. The molecule has 0 bridgehead atoms. The first-order chi connectivity index (χ1) is 13.6. The van der Waals surface area contributed by atoms with E-state index in [1.54, 1.807) is 17.0 Å². The second-order valence-electron chi connectivity index (χ2n) is 6.78. The molecule has 0 atom stereocenters. The summed E-state index contributed by atoms with van der Waals surface area (Å²) in [6, 6.07) is 16.9. The van der Waals surface area contributed by atoms with Gasteiger partial charge in [0.15, 0.2) is 6.61 Å². The predicted molar refractivity (Wildman–Crippen MR) is 109 cm³/mol. The molecule has 1 N–H and O–H groups in total. The molecule has 0 aliphatic carbocycles. The SMILES string of the molecule is Cc1ccc2cccc(OCC(=O)Nc3ccccc3N3CCCC3=O)c2n1. The molecule has 0 spiro atoms. The number of nitrogens with zero attached hydrogens (tertiary/aromatic N) is 2. The number of amides is 2. The van der Waals surface area contributed by atoms with E-state index in [9.17, 15) is 9.59 Å². The third-order valence-corrected chi connectivity index (χ3v) is 4.72. The molecule has 6 nitrogen and oxygen atoms in total. The van der Waals surface area contributed by atoms with Crippen LogP contribution in [0.15, 0.2) is 54.6 Å². The fourth-order valence-electron chi connectivity index (χ4n) is 3.38. The molecule has 0 saturated carbocycles. The summed E-state index contributed by atoms with van der Waals surface area (Å²) in [5.41, 5.74) is 2.95. The number of rotatable bonds is 5. The van der Waals surface area contributed by atoms with Crippen molar-refractivity contribution < 1.29 is 14.3 Å². The highest BCUT2D eigenvalue weighted by Gasteiger charge is 2.24. The van der Waals surface area contributed by atoms with Crippen molar-refractivity contribution in [3.8, 4) is 5.75 Å². The molecule has 142 valence electrons. The Morgan fingerprint density at radius 3 is 2.82 bits per heavy atom. The molecule has 1 aliphatic rings. The van der Waals surface area contributed by atoms with E-state index >= 15 is 0 Å². The molecule has 3 aromatic rings. The van der Waals surface area contributed by atoms with E-state index in [0.29, 0.717) is 24.4 Å². The van der Waals surface area contributed by atoms with Gasteiger partial charge in [-0.05, 0) is 37.6 Å². The van der Waals surface area contributed by atoms with Gasteiger partial charge in [-0.2, -0.15) is 0 Å². The van der Waals surface area contributed by atoms with Crippen LogP contribution < -0.4 is 15.0 Å². The molecule has 1 aromatic heterocycles. The van der Waals surface area contributed by atoms with Crippen molar-refractivity contribution in [2.24, 2.45) is 0 Å². The molecule has 2 heterocycles. The number of pyridine rings is 1. The lowest BCUT2D eigenvalue weighted by Crippen LogP contribution is -2.27. The van der Waals surface area contributed by atoms with Crippen LogP contribution in [0.2, 0.25) is 0 Å². The maximum absolute atomic E-state index is 12.5. The zero-order valence-corrected chi connectivity index (χ0v) is 15.6. The highest BCUT2D eigenvalue weighted by atomic mass is 16.5. The maximum atomic E-state index is 12.5. The minimum Gasteiger partial charge on any atom is -0.481 e. The number of aromatic nitrogens is 1. The van der Waals surface area contributed by atoms with Gasteiger partial charge in [0, 0.05) is 24.0 Å². The first kappa shape index (κ1) is 18.0. The van der Waals surface area contributed by atoms with E-state index in [1.165, 1.54) is 0 Å². The minimum atomic E-state index is -0.288. The lowest BCUT2D eigenvalue weighted by Gasteiger charge is -2.20. The summed E-state index contributed by atoms with van der Waals surface area (Å²) in [7, 11) is 0. The topological polar surface area (TPSA) is 71.5 Å². The Morgan fingerprint density at radius 2 is 2.00 bits per heavy atom. The molecule has 2 aromatic carbocycles. The van der Waals surface area contributed by atoms with E-state index in [2.05, 4.69) is 10.3 Å². The number of carbonyl (C=O) groups is 2. The van der Waals surface area contributed by atoms with Gasteiger partial charge in [-0.1, -0.05) is 30.3 Å². The number of aryl methyl sites for hydroxylation is 1. The summed E-state index contributed by atoms with van der Waals surface area (Å²) in [4.78, 5) is 30.8. The van der Waals surface area contributed by atoms with Crippen LogP contribution in [0.3, 0.4) is 0 Å². The number of carbonyl (C=O) groups excluding carboxylic acids is 2. The zero-order valence-electron chi connectivity index (χ0n) is 15.6. The van der Waals surface area contributed by atoms with Crippen molar-refractivity contribution in [1.82, 2.24) is 4.98 Å². The van der Waals surface area contributed by atoms with Crippen LogP contribution >= 0.6 is 0 Å². The zero-order chi connectivity index (χ0) is 19.5. The van der Waals surface area contributed by atoms with Gasteiger partial charge in [-0.25, -0.2) is 4.98 Å². The van der Waals surface area contributed by atoms with Gasteiger partial charge in [-0.3, -0.25) is 9.59 Å². The van der Waals surface area contributed by atoms with Gasteiger partial charge >= 0.3 is 0 Å². The molecule has 0 radical (unpaired) electrons. The molecule has 28 heavy (non-hydrogen) atoms. The van der Waals surface area contributed by atoms with E-state index in [1.807, 2.05) is 49.4 Å². The second kappa shape index (κ2) is 7.68. The molecular formula is C22H21N3O3. The number of para-hydroxylation sites is 3. The van der Waals surface area contributed by atoms with Gasteiger partial charge in [0.05, 0.1) is 11.4 Å². The van der Waals surface area contributed by atoms with Crippen LogP contribution in [-0.4, -0.2) is 29.9 Å². The van der Waals surface area contributed by atoms with Crippen molar-refractivity contribution in [3.63, 3.8) is 0 Å². The molecule has 1 saturated heterocycles. The first-order valence-corrected chi connectivity index (χ1v) is 9.30. The number of anilines is 2. The lowest BCUT2D eigenvalue weighted by atomic mass is 10.2. The average molecular weight is 375 g/mol. The minimum absolute atomic E-state index is 0.0788. The van der Waals surface area contributed by atoms with Crippen LogP contribution in [0.1, 0.15) is 18.5 Å². The fourth-order valence-corrected chi connectivity index (χ4v) is 3.38. The highest BCUT2D eigenvalue weighted by Crippen LogP contribution is 2.29. The monoisotopic (exact) mass is 375 g/mol. The standard InChI is InChI=1S/C22H21N3O3/c1-15-11-12-16-6-4-9-19(22(16)23-15)28-14-20(26)24-17-7-2-3-8-18(17)25-13-5-10-21(25)27/h2-4,6-9,11-12H,5,10,13-14H2,1H3,(H,24,26). The first-order valence-electron chi connectivity index (χ1n) is 9.30. The van der Waals surface area contributed by atoms with Crippen molar-refractivity contribution in [3.05, 3.63) is 60.3 Å². The van der Waals surface area contributed by atoms with E-state index in [4.69, 9.17) is 4.74 Å². The van der Waals surface area contributed by atoms with E-state index in [0.717, 1.165) is 28.7 Å². The Hall–Kier alpha value is -3.41. The number of ether oxygens (including phenoxy) is 1. The van der Waals surface area contributed by atoms with Gasteiger partial charge in [-0.15, -0.1) is 0 Å². The fraction of sp³-hybridized carbons (Fsp3) is 0.227.